The smallest absolute Gasteiger partial charge is 0.0842 e. The van der Waals surface area contributed by atoms with Crippen molar-refractivity contribution in [2.75, 3.05) is 0 Å². The number of nitrogens with two attached hydrogens (primary N) is 1. The predicted octanol–water partition coefficient (Wildman–Crippen LogP) is 1.67. The van der Waals surface area contributed by atoms with Crippen LogP contribution in [0.15, 0.2) is 0 Å². The first kappa shape index (κ1) is 11.5. The predicted molar refractivity (Wildman–Crippen MR) is 53.3 cm³/mol. The normalized spacial score (nSPS) is 12.9. The van der Waals surface area contributed by atoms with Crippen molar-refractivity contribution in [1.82, 2.24) is 5.43 Å². The van der Waals surface area contributed by atoms with Crippen LogP contribution < -0.4 is 11.3 Å². The topological polar surface area (TPSA) is 38.0 Å². The minimum absolute atomic E-state index is 0.0462. The van der Waals surface area contributed by atoms with Gasteiger partial charge in [0.25, 0.3) is 0 Å². The monoisotopic (exact) mass is 168 g/mol. The maximum Gasteiger partial charge on any atom is 0.0842 e. The van der Waals surface area contributed by atoms with Gasteiger partial charge in [-0.25, -0.2) is 5.43 Å². The zero-order chi connectivity index (χ0) is 9.40. The van der Waals surface area contributed by atoms with Gasteiger partial charge in [0.2, 0.25) is 0 Å². The molecule has 0 aliphatic heterocycles. The van der Waals surface area contributed by atoms with Gasteiger partial charge in [-0.2, -0.15) is 0 Å². The van der Waals surface area contributed by atoms with E-state index in [9.17, 15) is 0 Å². The number of nitrogens with one attached hydrogen (secondary N) is 1. The molecule has 0 fully saturated rings. The first-order valence-electron chi connectivity index (χ1n) is 4.72. The van der Waals surface area contributed by atoms with E-state index < -0.39 is 0 Å². The first-order chi connectivity index (χ1) is 5.79. The van der Waals surface area contributed by atoms with E-state index in [4.69, 9.17) is 12.3 Å². The van der Waals surface area contributed by atoms with Crippen molar-refractivity contribution in [3.05, 3.63) is 0 Å². The van der Waals surface area contributed by atoms with E-state index >= 15 is 0 Å². The Balaban J connectivity index is 3.97. The van der Waals surface area contributed by atoms with Gasteiger partial charge in [0.15, 0.2) is 0 Å². The fourth-order valence-corrected chi connectivity index (χ4v) is 1.54. The van der Waals surface area contributed by atoms with Crippen molar-refractivity contribution in [2.24, 2.45) is 11.8 Å². The van der Waals surface area contributed by atoms with Crippen LogP contribution in [0.5, 0.6) is 0 Å². The number of hydrogen-bond acceptors (Lipinski definition) is 2. The zero-order valence-corrected chi connectivity index (χ0v) is 8.14. The second-order valence-corrected chi connectivity index (χ2v) is 3.15. The number of rotatable bonds is 6. The van der Waals surface area contributed by atoms with Crippen LogP contribution >= 0.6 is 0 Å². The first-order valence-corrected chi connectivity index (χ1v) is 4.72. The average Bonchev–Trinajstić information content (AvgIpc) is 2.07. The average molecular weight is 168 g/mol. The van der Waals surface area contributed by atoms with Crippen molar-refractivity contribution in [3.63, 3.8) is 0 Å². The van der Waals surface area contributed by atoms with Gasteiger partial charge in [0.05, 0.1) is 6.04 Å². The van der Waals surface area contributed by atoms with Gasteiger partial charge < -0.3 is 0 Å². The molecule has 0 aromatic rings. The Labute approximate surface area is 75.9 Å². The molecule has 1 atom stereocenters. The molecule has 0 aliphatic rings. The van der Waals surface area contributed by atoms with Crippen molar-refractivity contribution in [3.8, 4) is 12.3 Å². The summed E-state index contributed by atoms with van der Waals surface area (Å²) < 4.78 is 0. The quantitative estimate of drug-likeness (QED) is 0.360. The third kappa shape index (κ3) is 3.75. The van der Waals surface area contributed by atoms with Gasteiger partial charge >= 0.3 is 0 Å². The standard InChI is InChI=1S/C10H20N2/c1-4-7-9(8-5-2)10(6-3)12-11/h3,9-10,12H,4-5,7-8,11H2,1-2H3. The van der Waals surface area contributed by atoms with Crippen LogP contribution in [0.25, 0.3) is 0 Å². The highest BCUT2D eigenvalue weighted by Gasteiger charge is 2.15. The van der Waals surface area contributed by atoms with E-state index in [2.05, 4.69) is 25.2 Å². The van der Waals surface area contributed by atoms with E-state index in [1.54, 1.807) is 0 Å². The van der Waals surface area contributed by atoms with Crippen LogP contribution in [0.1, 0.15) is 39.5 Å². The fourth-order valence-electron chi connectivity index (χ4n) is 1.54. The minimum Gasteiger partial charge on any atom is -0.270 e. The third-order valence-corrected chi connectivity index (χ3v) is 2.15. The zero-order valence-electron chi connectivity index (χ0n) is 8.14. The highest BCUT2D eigenvalue weighted by Crippen LogP contribution is 2.16. The summed E-state index contributed by atoms with van der Waals surface area (Å²) in [5.41, 5.74) is 2.69. The molecule has 2 nitrogen and oxygen atoms in total. The lowest BCUT2D eigenvalue weighted by atomic mass is 9.91. The van der Waals surface area contributed by atoms with E-state index in [1.807, 2.05) is 0 Å². The molecule has 0 bridgehead atoms. The summed E-state index contributed by atoms with van der Waals surface area (Å²) in [6, 6.07) is 0.0462. The van der Waals surface area contributed by atoms with Gasteiger partial charge in [-0.05, 0) is 18.8 Å². The Morgan fingerprint density at radius 1 is 1.33 bits per heavy atom. The molecule has 3 N–H and O–H groups in total. The Morgan fingerprint density at radius 3 is 2.08 bits per heavy atom. The van der Waals surface area contributed by atoms with E-state index in [-0.39, 0.29) is 6.04 Å². The SMILES string of the molecule is C#CC(NN)C(CCC)CCC. The third-order valence-electron chi connectivity index (χ3n) is 2.15. The molecule has 0 aromatic carbocycles. The molecule has 0 spiro atoms. The lowest BCUT2D eigenvalue weighted by molar-refractivity contribution is 0.365. The molecule has 1 unspecified atom stereocenters. The van der Waals surface area contributed by atoms with Gasteiger partial charge in [0, 0.05) is 0 Å². The van der Waals surface area contributed by atoms with Crippen LogP contribution in [0, 0.1) is 18.3 Å². The maximum absolute atomic E-state index is 5.35. The second kappa shape index (κ2) is 7.15. The lowest BCUT2D eigenvalue weighted by Gasteiger charge is -2.21. The van der Waals surface area contributed by atoms with Crippen LogP contribution in [-0.2, 0) is 0 Å². The molecule has 0 saturated carbocycles. The molecule has 12 heavy (non-hydrogen) atoms. The molecule has 70 valence electrons. The van der Waals surface area contributed by atoms with Crippen molar-refractivity contribution in [1.29, 1.82) is 0 Å². The van der Waals surface area contributed by atoms with Gasteiger partial charge in [0.1, 0.15) is 0 Å². The Morgan fingerprint density at radius 2 is 1.83 bits per heavy atom. The van der Waals surface area contributed by atoms with Crippen molar-refractivity contribution < 1.29 is 0 Å². The van der Waals surface area contributed by atoms with E-state index in [0.29, 0.717) is 5.92 Å². The highest BCUT2D eigenvalue weighted by atomic mass is 15.2. The summed E-state index contributed by atoms with van der Waals surface area (Å²) in [5.74, 6) is 8.57. The highest BCUT2D eigenvalue weighted by molar-refractivity contribution is 5.00. The van der Waals surface area contributed by atoms with Gasteiger partial charge in [-0.3, -0.25) is 5.84 Å². The lowest BCUT2D eigenvalue weighted by Crippen LogP contribution is -2.39. The molecular weight excluding hydrogens is 148 g/mol. The van der Waals surface area contributed by atoms with E-state index in [1.165, 1.54) is 12.8 Å². The summed E-state index contributed by atoms with van der Waals surface area (Å²) in [6.45, 7) is 4.35. The minimum atomic E-state index is 0.0462. The van der Waals surface area contributed by atoms with Crippen molar-refractivity contribution in [2.45, 2.75) is 45.6 Å². The summed E-state index contributed by atoms with van der Waals surface area (Å²) in [7, 11) is 0. The molecule has 0 amide bonds. The summed E-state index contributed by atoms with van der Waals surface area (Å²) in [6.07, 6.45) is 10.0. The Bertz CT molecular complexity index is 131. The number of terminal acetylenes is 1. The molecule has 2 heteroatoms. The number of hydrogen-bond donors (Lipinski definition) is 2. The van der Waals surface area contributed by atoms with Crippen LogP contribution in [-0.4, -0.2) is 6.04 Å². The summed E-state index contributed by atoms with van der Waals surface area (Å²) in [4.78, 5) is 0. The fraction of sp³-hybridized carbons (Fsp3) is 0.800. The molecule has 0 heterocycles. The molecule has 0 aliphatic carbocycles. The van der Waals surface area contributed by atoms with Gasteiger partial charge in [-0.1, -0.05) is 32.6 Å². The molecule has 0 rings (SSSR count). The second-order valence-electron chi connectivity index (χ2n) is 3.15. The maximum atomic E-state index is 5.35. The molecular formula is C10H20N2. The summed E-state index contributed by atoms with van der Waals surface area (Å²) in [5, 5.41) is 0. The largest absolute Gasteiger partial charge is 0.270 e. The molecule has 0 radical (unpaired) electrons. The van der Waals surface area contributed by atoms with Gasteiger partial charge in [-0.15, -0.1) is 6.42 Å². The van der Waals surface area contributed by atoms with Crippen LogP contribution in [0.4, 0.5) is 0 Å². The summed E-state index contributed by atoms with van der Waals surface area (Å²) >= 11 is 0. The number of hydrazine groups is 1. The van der Waals surface area contributed by atoms with E-state index in [0.717, 1.165) is 12.8 Å². The Hall–Kier alpha value is -0.520. The molecule has 0 saturated heterocycles. The van der Waals surface area contributed by atoms with Crippen LogP contribution in [0.2, 0.25) is 0 Å². The molecule has 0 aromatic heterocycles. The van der Waals surface area contributed by atoms with Crippen LogP contribution in [0.3, 0.4) is 0 Å². The Kier molecular flexibility index (Phi) is 6.84. The van der Waals surface area contributed by atoms with Crippen molar-refractivity contribution >= 4 is 0 Å².